The van der Waals surface area contributed by atoms with Gasteiger partial charge in [-0.25, -0.2) is 0 Å². The number of rotatable bonds is 6. The summed E-state index contributed by atoms with van der Waals surface area (Å²) in [5, 5.41) is 4.22. The van der Waals surface area contributed by atoms with Crippen molar-refractivity contribution in [2.75, 3.05) is 27.2 Å². The summed E-state index contributed by atoms with van der Waals surface area (Å²) in [7, 11) is 5.63. The Labute approximate surface area is 133 Å². The minimum absolute atomic E-state index is 0.0993. The molecule has 1 amide bonds. The maximum atomic E-state index is 12.6. The molecule has 22 heavy (non-hydrogen) atoms. The van der Waals surface area contributed by atoms with E-state index in [0.717, 1.165) is 24.9 Å². The van der Waals surface area contributed by atoms with Crippen molar-refractivity contribution >= 4 is 5.91 Å². The van der Waals surface area contributed by atoms with Crippen LogP contribution in [0.1, 0.15) is 25.8 Å². The Morgan fingerprint density at radius 3 is 2.82 bits per heavy atom. The smallest absolute Gasteiger partial charge is 0.237 e. The van der Waals surface area contributed by atoms with Crippen molar-refractivity contribution in [3.63, 3.8) is 0 Å². The van der Waals surface area contributed by atoms with Crippen LogP contribution >= 0.6 is 0 Å². The Bertz CT molecular complexity index is 500. The van der Waals surface area contributed by atoms with E-state index in [2.05, 4.69) is 23.8 Å². The largest absolute Gasteiger partial charge is 0.379 e. The predicted octanol–water partition coefficient (Wildman–Crippen LogP) is 0.919. The minimum Gasteiger partial charge on any atom is -0.379 e. The number of aromatic nitrogens is 2. The third-order valence-electron chi connectivity index (χ3n) is 4.58. The molecule has 2 atom stereocenters. The topological polar surface area (TPSA) is 50.6 Å². The summed E-state index contributed by atoms with van der Waals surface area (Å²) in [6.07, 6.45) is 5.68. The van der Waals surface area contributed by atoms with Crippen LogP contribution in [-0.4, -0.2) is 70.9 Å². The number of hydrogen-bond donors (Lipinski definition) is 0. The van der Waals surface area contributed by atoms with E-state index in [4.69, 9.17) is 4.74 Å². The fraction of sp³-hybridized carbons (Fsp3) is 0.750. The van der Waals surface area contributed by atoms with Crippen molar-refractivity contribution in [3.05, 3.63) is 18.0 Å². The number of nitrogens with zero attached hydrogens (tertiary/aromatic N) is 4. The molecule has 0 saturated carbocycles. The molecule has 0 aliphatic carbocycles. The van der Waals surface area contributed by atoms with Gasteiger partial charge in [-0.15, -0.1) is 0 Å². The Morgan fingerprint density at radius 1 is 1.55 bits per heavy atom. The molecule has 0 aromatic carbocycles. The van der Waals surface area contributed by atoms with Crippen LogP contribution in [0.2, 0.25) is 0 Å². The molecule has 1 saturated heterocycles. The van der Waals surface area contributed by atoms with Crippen molar-refractivity contribution in [2.24, 2.45) is 7.05 Å². The second-order valence-corrected chi connectivity index (χ2v) is 6.45. The van der Waals surface area contributed by atoms with Crippen LogP contribution in [0.15, 0.2) is 12.4 Å². The summed E-state index contributed by atoms with van der Waals surface area (Å²) in [5.41, 5.74) is 1.14. The Kier molecular flexibility index (Phi) is 5.58. The molecule has 1 aromatic heterocycles. The zero-order chi connectivity index (χ0) is 16.3. The summed E-state index contributed by atoms with van der Waals surface area (Å²) in [6.45, 7) is 5.43. The number of carbonyl (C=O) groups excluding carboxylic acids is 1. The van der Waals surface area contributed by atoms with E-state index in [1.807, 2.05) is 31.4 Å². The van der Waals surface area contributed by atoms with Crippen LogP contribution in [0.25, 0.3) is 0 Å². The number of aryl methyl sites for hydroxylation is 1. The number of likely N-dealkylation sites (tertiary alicyclic amines) is 1. The van der Waals surface area contributed by atoms with Gasteiger partial charge in [-0.1, -0.05) is 0 Å². The van der Waals surface area contributed by atoms with Gasteiger partial charge in [0.15, 0.2) is 0 Å². The van der Waals surface area contributed by atoms with Crippen molar-refractivity contribution in [1.29, 1.82) is 0 Å². The monoisotopic (exact) mass is 308 g/mol. The normalized spacial score (nSPS) is 22.0. The standard InChI is InChI=1S/C16H28N4O2/c1-12(2)18(3)11-16(21)20-7-6-15(22-5)14(20)8-13-9-17-19(4)10-13/h9-10,12,14-15H,6-8,11H2,1-5H3/t14-,15+/m0/s1. The van der Waals surface area contributed by atoms with Gasteiger partial charge in [-0.3, -0.25) is 14.4 Å². The van der Waals surface area contributed by atoms with Gasteiger partial charge in [0, 0.05) is 32.9 Å². The van der Waals surface area contributed by atoms with Gasteiger partial charge in [-0.2, -0.15) is 5.10 Å². The predicted molar refractivity (Wildman–Crippen MR) is 85.6 cm³/mol. The average molecular weight is 308 g/mol. The highest BCUT2D eigenvalue weighted by molar-refractivity contribution is 5.79. The first kappa shape index (κ1) is 17.0. The maximum Gasteiger partial charge on any atom is 0.237 e. The number of carbonyl (C=O) groups is 1. The van der Waals surface area contributed by atoms with Crippen molar-refractivity contribution in [2.45, 2.75) is 44.9 Å². The van der Waals surface area contributed by atoms with E-state index < -0.39 is 0 Å². The molecule has 1 fully saturated rings. The maximum absolute atomic E-state index is 12.6. The molecule has 1 aliphatic rings. The molecule has 0 radical (unpaired) electrons. The van der Waals surface area contributed by atoms with Crippen LogP contribution in [0.5, 0.6) is 0 Å². The summed E-state index contributed by atoms with van der Waals surface area (Å²) in [5.74, 6) is 0.185. The fourth-order valence-corrected chi connectivity index (χ4v) is 2.96. The molecule has 1 aromatic rings. The van der Waals surface area contributed by atoms with Crippen LogP contribution < -0.4 is 0 Å². The lowest BCUT2D eigenvalue weighted by molar-refractivity contribution is -0.134. The summed E-state index contributed by atoms with van der Waals surface area (Å²) < 4.78 is 7.40. The first-order chi connectivity index (χ1) is 10.4. The van der Waals surface area contributed by atoms with Crippen LogP contribution in [0.3, 0.4) is 0 Å². The first-order valence-corrected chi connectivity index (χ1v) is 7.92. The van der Waals surface area contributed by atoms with E-state index in [1.54, 1.807) is 11.8 Å². The van der Waals surface area contributed by atoms with Crippen LogP contribution in [0, 0.1) is 0 Å². The number of ether oxygens (including phenoxy) is 1. The van der Waals surface area contributed by atoms with Crippen molar-refractivity contribution < 1.29 is 9.53 Å². The molecule has 124 valence electrons. The van der Waals surface area contributed by atoms with Gasteiger partial charge >= 0.3 is 0 Å². The van der Waals surface area contributed by atoms with E-state index >= 15 is 0 Å². The molecule has 6 nitrogen and oxygen atoms in total. The highest BCUT2D eigenvalue weighted by atomic mass is 16.5. The third-order valence-corrected chi connectivity index (χ3v) is 4.58. The third kappa shape index (κ3) is 3.87. The molecule has 1 aliphatic heterocycles. The van der Waals surface area contributed by atoms with Gasteiger partial charge in [0.2, 0.25) is 5.91 Å². The summed E-state index contributed by atoms with van der Waals surface area (Å²) in [6, 6.07) is 0.462. The Morgan fingerprint density at radius 2 is 2.27 bits per heavy atom. The van der Waals surface area contributed by atoms with Crippen LogP contribution in [0.4, 0.5) is 0 Å². The van der Waals surface area contributed by atoms with Gasteiger partial charge in [0.25, 0.3) is 0 Å². The minimum atomic E-state index is 0.0993. The van der Waals surface area contributed by atoms with E-state index in [9.17, 15) is 4.79 Å². The summed E-state index contributed by atoms with van der Waals surface area (Å²) >= 11 is 0. The molecular formula is C16H28N4O2. The molecule has 0 N–H and O–H groups in total. The lowest BCUT2D eigenvalue weighted by Gasteiger charge is -2.30. The molecule has 2 heterocycles. The lowest BCUT2D eigenvalue weighted by Crippen LogP contribution is -2.46. The van der Waals surface area contributed by atoms with Crippen LogP contribution in [-0.2, 0) is 23.0 Å². The van der Waals surface area contributed by atoms with E-state index in [0.29, 0.717) is 12.6 Å². The number of methoxy groups -OCH3 is 1. The summed E-state index contributed by atoms with van der Waals surface area (Å²) in [4.78, 5) is 16.7. The first-order valence-electron chi connectivity index (χ1n) is 7.92. The SMILES string of the molecule is CO[C@@H]1CCN(C(=O)CN(C)C(C)C)[C@H]1Cc1cnn(C)c1. The van der Waals surface area contributed by atoms with E-state index in [-0.39, 0.29) is 18.1 Å². The van der Waals surface area contributed by atoms with Gasteiger partial charge in [0.1, 0.15) is 0 Å². The fourth-order valence-electron chi connectivity index (χ4n) is 2.96. The van der Waals surface area contributed by atoms with Gasteiger partial charge < -0.3 is 9.64 Å². The highest BCUT2D eigenvalue weighted by Gasteiger charge is 2.37. The number of likely N-dealkylation sites (N-methyl/N-ethyl adjacent to an activating group) is 1. The lowest BCUT2D eigenvalue weighted by atomic mass is 10.0. The molecule has 2 rings (SSSR count). The molecule has 0 spiro atoms. The quantitative estimate of drug-likeness (QED) is 0.784. The van der Waals surface area contributed by atoms with E-state index in [1.165, 1.54) is 0 Å². The molecular weight excluding hydrogens is 280 g/mol. The number of hydrogen-bond acceptors (Lipinski definition) is 4. The molecule has 0 unspecified atom stereocenters. The second-order valence-electron chi connectivity index (χ2n) is 6.45. The van der Waals surface area contributed by atoms with Gasteiger partial charge in [0.05, 0.1) is 24.9 Å². The molecule has 0 bridgehead atoms. The Balaban J connectivity index is 2.06. The van der Waals surface area contributed by atoms with Crippen molar-refractivity contribution in [3.8, 4) is 0 Å². The molecule has 6 heteroatoms. The second kappa shape index (κ2) is 7.24. The zero-order valence-corrected chi connectivity index (χ0v) is 14.3. The average Bonchev–Trinajstić information content (AvgIpc) is 3.05. The van der Waals surface area contributed by atoms with Gasteiger partial charge in [-0.05, 0) is 39.3 Å². The zero-order valence-electron chi connectivity index (χ0n) is 14.3. The Hall–Kier alpha value is -1.40. The van der Waals surface area contributed by atoms with Crippen molar-refractivity contribution in [1.82, 2.24) is 19.6 Å². The number of amides is 1. The highest BCUT2D eigenvalue weighted by Crippen LogP contribution is 2.24.